The molecule has 2 aromatic carbocycles. The smallest absolute Gasteiger partial charge is 0.211 e. The summed E-state index contributed by atoms with van der Waals surface area (Å²) in [6.45, 7) is 10.8. The van der Waals surface area contributed by atoms with Crippen LogP contribution in [0.15, 0.2) is 57.2 Å². The summed E-state index contributed by atoms with van der Waals surface area (Å²) < 4.78 is 44.0. The topological polar surface area (TPSA) is 62.6 Å². The van der Waals surface area contributed by atoms with E-state index in [0.29, 0.717) is 30.8 Å². The van der Waals surface area contributed by atoms with Crippen molar-refractivity contribution < 1.29 is 12.8 Å². The highest BCUT2D eigenvalue weighted by atomic mass is 32.2. The first kappa shape index (κ1) is 25.4. The van der Waals surface area contributed by atoms with Gasteiger partial charge in [0.05, 0.1) is 21.5 Å². The number of anilines is 1. The van der Waals surface area contributed by atoms with Crippen molar-refractivity contribution in [1.82, 2.24) is 9.47 Å². The predicted octanol–water partition coefficient (Wildman–Crippen LogP) is 4.61. The molecule has 3 aromatic rings. The Kier molecular flexibility index (Phi) is 7.62. The summed E-state index contributed by atoms with van der Waals surface area (Å²) in [7, 11) is -4.05. The van der Waals surface area contributed by atoms with E-state index in [-0.39, 0.29) is 15.2 Å². The zero-order valence-corrected chi connectivity index (χ0v) is 21.6. The molecular weight excluding hydrogens is 465 g/mol. The highest BCUT2D eigenvalue weighted by Gasteiger charge is 2.26. The number of piperazine rings is 1. The molecule has 0 unspecified atom stereocenters. The highest BCUT2D eigenvalue weighted by molar-refractivity contribution is 7.91. The summed E-state index contributed by atoms with van der Waals surface area (Å²) in [6.07, 6.45) is 4.24. The van der Waals surface area contributed by atoms with Crippen LogP contribution in [-0.4, -0.2) is 50.6 Å². The fraction of sp³-hybridized carbons (Fsp3) is 0.444. The number of unbranched alkanes of at least 4 members (excludes halogenated alkanes) is 1. The van der Waals surface area contributed by atoms with Crippen LogP contribution in [0.5, 0.6) is 0 Å². The first-order chi connectivity index (χ1) is 16.8. The number of sulfone groups is 1. The first-order valence-electron chi connectivity index (χ1n) is 12.4. The van der Waals surface area contributed by atoms with E-state index in [1.165, 1.54) is 24.4 Å². The summed E-state index contributed by atoms with van der Waals surface area (Å²) in [5.41, 5.74) is 1.30. The highest BCUT2D eigenvalue weighted by Crippen LogP contribution is 2.28. The quantitative estimate of drug-likeness (QED) is 0.453. The van der Waals surface area contributed by atoms with Crippen LogP contribution in [0.2, 0.25) is 0 Å². The largest absolute Gasteiger partial charge is 0.367 e. The second-order valence-corrected chi connectivity index (χ2v) is 11.3. The van der Waals surface area contributed by atoms with Gasteiger partial charge in [0.2, 0.25) is 15.3 Å². The monoisotopic (exact) mass is 499 g/mol. The van der Waals surface area contributed by atoms with E-state index in [9.17, 15) is 13.2 Å². The zero-order chi connectivity index (χ0) is 25.2. The van der Waals surface area contributed by atoms with Crippen LogP contribution in [0, 0.1) is 12.7 Å². The Morgan fingerprint density at radius 2 is 1.63 bits per heavy atom. The van der Waals surface area contributed by atoms with Gasteiger partial charge >= 0.3 is 0 Å². The zero-order valence-electron chi connectivity index (χ0n) is 20.8. The van der Waals surface area contributed by atoms with Gasteiger partial charge in [-0.2, -0.15) is 0 Å². The molecule has 0 atom stereocenters. The summed E-state index contributed by atoms with van der Waals surface area (Å²) in [5, 5.41) is 0.0974. The van der Waals surface area contributed by atoms with Gasteiger partial charge in [0, 0.05) is 38.9 Å². The van der Waals surface area contributed by atoms with Gasteiger partial charge in [-0.15, -0.1) is 0 Å². The van der Waals surface area contributed by atoms with Crippen molar-refractivity contribution in [3.05, 3.63) is 64.2 Å². The van der Waals surface area contributed by atoms with Gasteiger partial charge in [-0.3, -0.25) is 9.69 Å². The molecule has 0 radical (unpaired) electrons. The Bertz CT molecular complexity index is 1360. The van der Waals surface area contributed by atoms with Crippen molar-refractivity contribution in [2.24, 2.45) is 0 Å². The lowest BCUT2D eigenvalue weighted by atomic mass is 10.1. The predicted molar refractivity (Wildman–Crippen MR) is 139 cm³/mol. The molecule has 0 bridgehead atoms. The maximum absolute atomic E-state index is 15.4. The van der Waals surface area contributed by atoms with Gasteiger partial charge in [0.15, 0.2) is 0 Å². The minimum absolute atomic E-state index is 0.0589. The molecule has 1 saturated heterocycles. The third-order valence-electron chi connectivity index (χ3n) is 6.74. The molecule has 2 heterocycles. The van der Waals surface area contributed by atoms with Gasteiger partial charge in [-0.1, -0.05) is 38.0 Å². The summed E-state index contributed by atoms with van der Waals surface area (Å²) in [6, 6.07) is 9.37. The number of rotatable bonds is 8. The van der Waals surface area contributed by atoms with E-state index in [0.717, 1.165) is 44.5 Å². The molecule has 0 amide bonds. The van der Waals surface area contributed by atoms with Crippen LogP contribution in [0.1, 0.15) is 38.7 Å². The van der Waals surface area contributed by atoms with Crippen LogP contribution >= 0.6 is 0 Å². The van der Waals surface area contributed by atoms with Gasteiger partial charge in [0.1, 0.15) is 10.7 Å². The molecular formula is C27H34FN3O3S. The van der Waals surface area contributed by atoms with Gasteiger partial charge < -0.3 is 9.47 Å². The Balaban J connectivity index is 1.82. The van der Waals surface area contributed by atoms with Crippen molar-refractivity contribution in [1.29, 1.82) is 0 Å². The molecule has 35 heavy (non-hydrogen) atoms. The Morgan fingerprint density at radius 3 is 2.26 bits per heavy atom. The van der Waals surface area contributed by atoms with Gasteiger partial charge in [0.25, 0.3) is 0 Å². The van der Waals surface area contributed by atoms with Crippen molar-refractivity contribution in [2.75, 3.05) is 37.6 Å². The summed E-state index contributed by atoms with van der Waals surface area (Å²) in [4.78, 5) is 17.6. The number of hydrogen-bond donors (Lipinski definition) is 0. The number of halogens is 1. The van der Waals surface area contributed by atoms with Gasteiger partial charge in [-0.05, 0) is 50.6 Å². The minimum atomic E-state index is -4.05. The fourth-order valence-corrected chi connectivity index (χ4v) is 6.06. The van der Waals surface area contributed by atoms with E-state index < -0.39 is 21.1 Å². The van der Waals surface area contributed by atoms with Crippen molar-refractivity contribution in [3.8, 4) is 0 Å². The van der Waals surface area contributed by atoms with E-state index in [1.54, 1.807) is 22.8 Å². The van der Waals surface area contributed by atoms with Crippen LogP contribution in [0.3, 0.4) is 0 Å². The Labute approximate surface area is 206 Å². The van der Waals surface area contributed by atoms with Crippen molar-refractivity contribution in [2.45, 2.75) is 56.4 Å². The molecule has 1 aliphatic heterocycles. The molecule has 0 saturated carbocycles. The maximum Gasteiger partial charge on any atom is 0.211 e. The second kappa shape index (κ2) is 10.5. The number of fused-ring (bicyclic) bond motifs is 1. The third kappa shape index (κ3) is 5.14. The average Bonchev–Trinajstić information content (AvgIpc) is 2.84. The van der Waals surface area contributed by atoms with Crippen molar-refractivity contribution in [3.63, 3.8) is 0 Å². The maximum atomic E-state index is 15.4. The normalized spacial score (nSPS) is 15.1. The number of nitrogens with zero attached hydrogens (tertiary/aromatic N) is 3. The third-order valence-corrected chi connectivity index (χ3v) is 8.50. The Morgan fingerprint density at radius 1 is 0.943 bits per heavy atom. The molecule has 0 N–H and O–H groups in total. The number of aryl methyl sites for hydroxylation is 2. The number of hydrogen-bond acceptors (Lipinski definition) is 5. The lowest BCUT2D eigenvalue weighted by Gasteiger charge is -2.36. The molecule has 1 aromatic heterocycles. The summed E-state index contributed by atoms with van der Waals surface area (Å²) >= 11 is 0. The lowest BCUT2D eigenvalue weighted by Crippen LogP contribution is -2.46. The molecule has 0 spiro atoms. The first-order valence-corrected chi connectivity index (χ1v) is 13.9. The number of benzene rings is 2. The summed E-state index contributed by atoms with van der Waals surface area (Å²) in [5.74, 6) is -0.495. The molecule has 0 aliphatic carbocycles. The van der Waals surface area contributed by atoms with E-state index in [2.05, 4.69) is 18.7 Å². The van der Waals surface area contributed by atoms with E-state index in [1.807, 2.05) is 11.8 Å². The molecule has 8 heteroatoms. The minimum Gasteiger partial charge on any atom is -0.367 e. The molecule has 1 fully saturated rings. The van der Waals surface area contributed by atoms with Crippen LogP contribution < -0.4 is 10.3 Å². The second-order valence-electron chi connectivity index (χ2n) is 9.34. The molecule has 188 valence electrons. The lowest BCUT2D eigenvalue weighted by molar-refractivity contribution is 0.258. The van der Waals surface area contributed by atoms with Crippen molar-refractivity contribution >= 4 is 26.4 Å². The number of pyridine rings is 1. The van der Waals surface area contributed by atoms with Crippen LogP contribution in [-0.2, 0) is 16.4 Å². The molecule has 1 aliphatic rings. The SMILES string of the molecule is CCCCn1cc(S(=O)(=O)c2ccc(C)cc2)c(=O)c2cc(F)c(N3CCN(CCC)CC3)cc21. The van der Waals surface area contributed by atoms with E-state index >= 15 is 4.39 Å². The van der Waals surface area contributed by atoms with Crippen LogP contribution in [0.4, 0.5) is 10.1 Å². The fourth-order valence-electron chi connectivity index (χ4n) is 4.69. The molecule has 4 rings (SSSR count). The van der Waals surface area contributed by atoms with Gasteiger partial charge in [-0.25, -0.2) is 12.8 Å². The Hall–Kier alpha value is -2.71. The molecule has 6 nitrogen and oxygen atoms in total. The van der Waals surface area contributed by atoms with E-state index in [4.69, 9.17) is 0 Å². The van der Waals surface area contributed by atoms with Crippen LogP contribution in [0.25, 0.3) is 10.9 Å². The number of aromatic nitrogens is 1. The average molecular weight is 500 g/mol. The standard InChI is InChI=1S/C27H34FN3O3S/c1-4-6-12-31-19-26(35(33,34)21-9-7-20(3)8-10-21)27(32)22-17-23(28)25(18-24(22)31)30-15-13-29(11-5-2)14-16-30/h7-10,17-19H,4-6,11-16H2,1-3H3.